The molecular weight excluding hydrogens is 244 g/mol. The topological polar surface area (TPSA) is 9.23 Å². The Morgan fingerprint density at radius 2 is 1.78 bits per heavy atom. The van der Waals surface area contributed by atoms with Gasteiger partial charge in [-0.15, -0.1) is 0 Å². The van der Waals surface area contributed by atoms with Crippen molar-refractivity contribution < 1.29 is 4.74 Å². The van der Waals surface area contributed by atoms with Gasteiger partial charge in [0.2, 0.25) is 0 Å². The van der Waals surface area contributed by atoms with Crippen LogP contribution in [0.5, 0.6) is 5.75 Å². The van der Waals surface area contributed by atoms with Gasteiger partial charge in [0.15, 0.2) is 0 Å². The summed E-state index contributed by atoms with van der Waals surface area (Å²) >= 11 is 5.93. The first-order chi connectivity index (χ1) is 8.65. The summed E-state index contributed by atoms with van der Waals surface area (Å²) < 4.78 is 5.72. The summed E-state index contributed by atoms with van der Waals surface area (Å²) in [5.41, 5.74) is 2.40. The van der Waals surface area contributed by atoms with E-state index >= 15 is 0 Å². The molecule has 0 atom stereocenters. The molecule has 0 N–H and O–H groups in total. The molecule has 2 aromatic rings. The Labute approximate surface area is 113 Å². The molecule has 0 saturated heterocycles. The van der Waals surface area contributed by atoms with Gasteiger partial charge in [-0.3, -0.25) is 0 Å². The van der Waals surface area contributed by atoms with Crippen LogP contribution >= 0.6 is 11.6 Å². The van der Waals surface area contributed by atoms with Crippen LogP contribution in [0.25, 0.3) is 0 Å². The van der Waals surface area contributed by atoms with Gasteiger partial charge in [-0.05, 0) is 41.3 Å². The van der Waals surface area contributed by atoms with Crippen molar-refractivity contribution in [1.29, 1.82) is 0 Å². The van der Waals surface area contributed by atoms with E-state index in [0.29, 0.717) is 12.5 Å². The van der Waals surface area contributed by atoms with E-state index in [0.717, 1.165) is 16.3 Å². The predicted molar refractivity (Wildman–Crippen MR) is 76.3 cm³/mol. The van der Waals surface area contributed by atoms with Gasteiger partial charge in [0.25, 0.3) is 0 Å². The maximum absolute atomic E-state index is 5.93. The summed E-state index contributed by atoms with van der Waals surface area (Å²) in [6, 6.07) is 16.0. The maximum atomic E-state index is 5.93. The van der Waals surface area contributed by atoms with Crippen molar-refractivity contribution in [3.63, 3.8) is 0 Å². The number of benzene rings is 2. The molecule has 0 aliphatic rings. The number of hydrogen-bond donors (Lipinski definition) is 0. The number of hydrogen-bond acceptors (Lipinski definition) is 1. The summed E-state index contributed by atoms with van der Waals surface area (Å²) in [6.45, 7) is 4.91. The van der Waals surface area contributed by atoms with Crippen molar-refractivity contribution in [2.45, 2.75) is 26.4 Å². The Hall–Kier alpha value is -1.47. The highest BCUT2D eigenvalue weighted by atomic mass is 35.5. The third kappa shape index (κ3) is 3.51. The molecule has 18 heavy (non-hydrogen) atoms. The second-order valence-corrected chi connectivity index (χ2v) is 5.08. The van der Waals surface area contributed by atoms with E-state index in [4.69, 9.17) is 16.3 Å². The molecule has 94 valence electrons. The van der Waals surface area contributed by atoms with Gasteiger partial charge in [0.05, 0.1) is 0 Å². The molecule has 0 aromatic heterocycles. The second-order valence-electron chi connectivity index (χ2n) is 4.64. The fraction of sp³-hybridized carbons (Fsp3) is 0.250. The Bertz CT molecular complexity index is 503. The Morgan fingerprint density at radius 3 is 2.39 bits per heavy atom. The van der Waals surface area contributed by atoms with Gasteiger partial charge in [-0.2, -0.15) is 0 Å². The van der Waals surface area contributed by atoms with Crippen LogP contribution in [0.15, 0.2) is 48.5 Å². The highest BCUT2D eigenvalue weighted by Gasteiger charge is 2.00. The van der Waals surface area contributed by atoms with E-state index in [1.807, 2.05) is 36.4 Å². The molecule has 1 nitrogen and oxygen atoms in total. The molecule has 0 spiro atoms. The minimum atomic E-state index is 0.543. The average Bonchev–Trinajstić information content (AvgIpc) is 2.37. The molecule has 0 aliphatic carbocycles. The SMILES string of the molecule is CC(C)c1ccc(OCc2cccc(Cl)c2)cc1. The molecule has 2 aromatic carbocycles. The summed E-state index contributed by atoms with van der Waals surface area (Å²) in [7, 11) is 0. The monoisotopic (exact) mass is 260 g/mol. The van der Waals surface area contributed by atoms with Crippen molar-refractivity contribution >= 4 is 11.6 Å². The Kier molecular flexibility index (Phi) is 4.27. The lowest BCUT2D eigenvalue weighted by Crippen LogP contribution is -1.95. The van der Waals surface area contributed by atoms with Crippen LogP contribution in [-0.2, 0) is 6.61 Å². The fourth-order valence-corrected chi connectivity index (χ4v) is 1.96. The van der Waals surface area contributed by atoms with Gasteiger partial charge in [0.1, 0.15) is 12.4 Å². The van der Waals surface area contributed by atoms with Crippen LogP contribution in [0.1, 0.15) is 30.9 Å². The molecule has 0 aliphatic heterocycles. The van der Waals surface area contributed by atoms with E-state index in [1.165, 1.54) is 5.56 Å². The van der Waals surface area contributed by atoms with Gasteiger partial charge < -0.3 is 4.74 Å². The quantitative estimate of drug-likeness (QED) is 0.748. The molecule has 0 radical (unpaired) electrons. The van der Waals surface area contributed by atoms with Crippen LogP contribution in [0.2, 0.25) is 5.02 Å². The summed E-state index contributed by atoms with van der Waals surface area (Å²) in [4.78, 5) is 0. The lowest BCUT2D eigenvalue weighted by Gasteiger charge is -2.09. The number of rotatable bonds is 4. The van der Waals surface area contributed by atoms with E-state index in [9.17, 15) is 0 Å². The molecule has 2 heteroatoms. The normalized spacial score (nSPS) is 10.7. The first kappa shape index (κ1) is 13.0. The first-order valence-electron chi connectivity index (χ1n) is 6.12. The Balaban J connectivity index is 1.98. The van der Waals surface area contributed by atoms with Crippen molar-refractivity contribution in [2.24, 2.45) is 0 Å². The lowest BCUT2D eigenvalue weighted by atomic mass is 10.0. The van der Waals surface area contributed by atoms with E-state index in [1.54, 1.807) is 0 Å². The third-order valence-corrected chi connectivity index (χ3v) is 3.08. The highest BCUT2D eigenvalue weighted by molar-refractivity contribution is 6.30. The van der Waals surface area contributed by atoms with Crippen LogP contribution in [0.3, 0.4) is 0 Å². The van der Waals surface area contributed by atoms with Crippen LogP contribution < -0.4 is 4.74 Å². The third-order valence-electron chi connectivity index (χ3n) is 2.84. The van der Waals surface area contributed by atoms with Crippen LogP contribution in [0.4, 0.5) is 0 Å². The lowest BCUT2D eigenvalue weighted by molar-refractivity contribution is 0.306. The standard InChI is InChI=1S/C16H17ClO/c1-12(2)14-6-8-16(9-7-14)18-11-13-4-3-5-15(17)10-13/h3-10,12H,11H2,1-2H3. The molecule has 0 bridgehead atoms. The summed E-state index contributed by atoms with van der Waals surface area (Å²) in [5, 5.41) is 0.742. The smallest absolute Gasteiger partial charge is 0.119 e. The van der Waals surface area contributed by atoms with Crippen molar-refractivity contribution in [1.82, 2.24) is 0 Å². The second kappa shape index (κ2) is 5.92. The van der Waals surface area contributed by atoms with Crippen LogP contribution in [-0.4, -0.2) is 0 Å². The van der Waals surface area contributed by atoms with Gasteiger partial charge in [0, 0.05) is 5.02 Å². The molecule has 0 fully saturated rings. The maximum Gasteiger partial charge on any atom is 0.119 e. The summed E-state index contributed by atoms with van der Waals surface area (Å²) in [5.74, 6) is 1.44. The van der Waals surface area contributed by atoms with Crippen molar-refractivity contribution in [3.8, 4) is 5.75 Å². The highest BCUT2D eigenvalue weighted by Crippen LogP contribution is 2.20. The molecule has 0 heterocycles. The molecule has 0 saturated carbocycles. The zero-order valence-electron chi connectivity index (χ0n) is 10.7. The predicted octanol–water partition coefficient (Wildman–Crippen LogP) is 5.04. The minimum Gasteiger partial charge on any atom is -0.489 e. The minimum absolute atomic E-state index is 0.543. The molecular formula is C16H17ClO. The first-order valence-corrected chi connectivity index (χ1v) is 6.50. The zero-order valence-corrected chi connectivity index (χ0v) is 11.4. The van der Waals surface area contributed by atoms with Gasteiger partial charge in [-0.1, -0.05) is 49.7 Å². The average molecular weight is 261 g/mol. The van der Waals surface area contributed by atoms with Gasteiger partial charge >= 0.3 is 0 Å². The largest absolute Gasteiger partial charge is 0.489 e. The molecule has 0 amide bonds. The number of halogens is 1. The van der Waals surface area contributed by atoms with E-state index < -0.39 is 0 Å². The Morgan fingerprint density at radius 1 is 1.06 bits per heavy atom. The van der Waals surface area contributed by atoms with Crippen molar-refractivity contribution in [3.05, 3.63) is 64.7 Å². The molecule has 2 rings (SSSR count). The van der Waals surface area contributed by atoms with Gasteiger partial charge in [-0.25, -0.2) is 0 Å². The zero-order chi connectivity index (χ0) is 13.0. The van der Waals surface area contributed by atoms with Crippen molar-refractivity contribution in [2.75, 3.05) is 0 Å². The van der Waals surface area contributed by atoms with E-state index in [2.05, 4.69) is 26.0 Å². The van der Waals surface area contributed by atoms with E-state index in [-0.39, 0.29) is 0 Å². The van der Waals surface area contributed by atoms with Crippen LogP contribution in [0, 0.1) is 0 Å². The summed E-state index contributed by atoms with van der Waals surface area (Å²) in [6.07, 6.45) is 0. The number of ether oxygens (including phenoxy) is 1. The molecule has 0 unspecified atom stereocenters. The fourth-order valence-electron chi connectivity index (χ4n) is 1.74.